The Bertz CT molecular complexity index is 241. The average molecular weight is 191 g/mol. The van der Waals surface area contributed by atoms with Gasteiger partial charge < -0.3 is 5.11 Å². The second-order valence-electron chi connectivity index (χ2n) is 3.96. The molecule has 0 heterocycles. The molecular weight excluding hydrogens is 172 g/mol. The Kier molecular flexibility index (Phi) is 4.68. The zero-order valence-corrected chi connectivity index (χ0v) is 8.82. The van der Waals surface area contributed by atoms with Crippen molar-refractivity contribution in [1.82, 2.24) is 0 Å². The monoisotopic (exact) mass is 191 g/mol. The topological polar surface area (TPSA) is 20.2 Å². The standard InChI is InChI=1S/C13H19O/c1-11(2)7-6-10-13(14)12-8-4-3-5-9-12/h3-5,8-9,11,13-14H,1,6-7,10H2,2H3/t11?,13-/m0/s1. The van der Waals surface area contributed by atoms with Crippen molar-refractivity contribution in [2.75, 3.05) is 0 Å². The highest BCUT2D eigenvalue weighted by molar-refractivity contribution is 5.16. The molecule has 14 heavy (non-hydrogen) atoms. The first kappa shape index (κ1) is 11.3. The quantitative estimate of drug-likeness (QED) is 0.756. The number of hydrogen-bond donors (Lipinski definition) is 1. The van der Waals surface area contributed by atoms with Crippen molar-refractivity contribution in [2.24, 2.45) is 5.92 Å². The molecule has 0 aliphatic rings. The van der Waals surface area contributed by atoms with Crippen LogP contribution in [-0.2, 0) is 0 Å². The van der Waals surface area contributed by atoms with E-state index in [0.29, 0.717) is 5.92 Å². The van der Waals surface area contributed by atoms with E-state index in [1.165, 1.54) is 0 Å². The van der Waals surface area contributed by atoms with Crippen LogP contribution in [0.4, 0.5) is 0 Å². The number of benzene rings is 1. The smallest absolute Gasteiger partial charge is 0.0790 e. The zero-order valence-electron chi connectivity index (χ0n) is 8.82. The third kappa shape index (κ3) is 3.93. The molecule has 1 unspecified atom stereocenters. The molecule has 0 aliphatic heterocycles. The fourth-order valence-electron chi connectivity index (χ4n) is 1.50. The Balaban J connectivity index is 2.32. The molecule has 1 N–H and O–H groups in total. The molecule has 1 rings (SSSR count). The van der Waals surface area contributed by atoms with Gasteiger partial charge in [-0.15, -0.1) is 0 Å². The van der Waals surface area contributed by atoms with Gasteiger partial charge in [0, 0.05) is 0 Å². The predicted molar refractivity (Wildman–Crippen MR) is 59.8 cm³/mol. The molecule has 0 spiro atoms. The summed E-state index contributed by atoms with van der Waals surface area (Å²) in [6.45, 7) is 6.03. The zero-order chi connectivity index (χ0) is 10.4. The van der Waals surface area contributed by atoms with Crippen molar-refractivity contribution in [3.05, 3.63) is 42.8 Å². The highest BCUT2D eigenvalue weighted by atomic mass is 16.3. The van der Waals surface area contributed by atoms with Crippen LogP contribution in [0.25, 0.3) is 0 Å². The summed E-state index contributed by atoms with van der Waals surface area (Å²) in [5.41, 5.74) is 1.02. The summed E-state index contributed by atoms with van der Waals surface area (Å²) in [6.07, 6.45) is 2.66. The van der Waals surface area contributed by atoms with E-state index in [1.54, 1.807) is 0 Å². The van der Waals surface area contributed by atoms with Crippen LogP contribution >= 0.6 is 0 Å². The minimum atomic E-state index is -0.310. The molecular formula is C13H19O. The van der Waals surface area contributed by atoms with Crippen LogP contribution in [0.5, 0.6) is 0 Å². The van der Waals surface area contributed by atoms with Gasteiger partial charge in [-0.3, -0.25) is 0 Å². The van der Waals surface area contributed by atoms with Crippen molar-refractivity contribution in [3.8, 4) is 0 Å². The van der Waals surface area contributed by atoms with Gasteiger partial charge in [0.15, 0.2) is 0 Å². The second-order valence-corrected chi connectivity index (χ2v) is 3.96. The lowest BCUT2D eigenvalue weighted by Crippen LogP contribution is -1.98. The summed E-state index contributed by atoms with van der Waals surface area (Å²) in [7, 11) is 0. The molecule has 2 atom stereocenters. The van der Waals surface area contributed by atoms with Crippen LogP contribution in [0, 0.1) is 12.8 Å². The van der Waals surface area contributed by atoms with Gasteiger partial charge in [-0.1, -0.05) is 57.0 Å². The maximum Gasteiger partial charge on any atom is 0.0790 e. The van der Waals surface area contributed by atoms with Gasteiger partial charge >= 0.3 is 0 Å². The Hall–Kier alpha value is -0.820. The number of rotatable bonds is 5. The van der Waals surface area contributed by atoms with Crippen molar-refractivity contribution >= 4 is 0 Å². The largest absolute Gasteiger partial charge is 0.388 e. The van der Waals surface area contributed by atoms with E-state index in [-0.39, 0.29) is 6.10 Å². The minimum absolute atomic E-state index is 0.310. The van der Waals surface area contributed by atoms with Crippen LogP contribution in [0.15, 0.2) is 30.3 Å². The SMILES string of the molecule is [CH2]C(C)CCC[C@H](O)c1ccccc1. The van der Waals surface area contributed by atoms with E-state index >= 15 is 0 Å². The number of hydrogen-bond acceptors (Lipinski definition) is 1. The van der Waals surface area contributed by atoms with Crippen molar-refractivity contribution in [2.45, 2.75) is 32.3 Å². The van der Waals surface area contributed by atoms with Crippen LogP contribution in [-0.4, -0.2) is 5.11 Å². The third-order valence-corrected chi connectivity index (χ3v) is 2.36. The highest BCUT2D eigenvalue weighted by Gasteiger charge is 2.06. The summed E-state index contributed by atoms with van der Waals surface area (Å²) in [4.78, 5) is 0. The van der Waals surface area contributed by atoms with E-state index < -0.39 is 0 Å². The first-order valence-corrected chi connectivity index (χ1v) is 5.26. The van der Waals surface area contributed by atoms with Crippen LogP contribution in [0.3, 0.4) is 0 Å². The summed E-state index contributed by atoms with van der Waals surface area (Å²) < 4.78 is 0. The van der Waals surface area contributed by atoms with Crippen LogP contribution < -0.4 is 0 Å². The Morgan fingerprint density at radius 2 is 1.86 bits per heavy atom. The van der Waals surface area contributed by atoms with E-state index in [2.05, 4.69) is 13.8 Å². The van der Waals surface area contributed by atoms with Gasteiger partial charge in [0.1, 0.15) is 0 Å². The van der Waals surface area contributed by atoms with E-state index in [0.717, 1.165) is 24.8 Å². The Morgan fingerprint density at radius 3 is 2.43 bits per heavy atom. The Labute approximate surface area is 86.8 Å². The fraction of sp³-hybridized carbons (Fsp3) is 0.462. The van der Waals surface area contributed by atoms with Gasteiger partial charge in [0.2, 0.25) is 0 Å². The first-order chi connectivity index (χ1) is 6.70. The molecule has 0 aliphatic carbocycles. The predicted octanol–water partition coefficient (Wildman–Crippen LogP) is 3.36. The molecule has 0 saturated heterocycles. The molecule has 0 aromatic heterocycles. The minimum Gasteiger partial charge on any atom is -0.388 e. The third-order valence-electron chi connectivity index (χ3n) is 2.36. The van der Waals surface area contributed by atoms with Crippen LogP contribution in [0.2, 0.25) is 0 Å². The molecule has 1 aromatic carbocycles. The summed E-state index contributed by atoms with van der Waals surface area (Å²) in [5, 5.41) is 9.81. The van der Waals surface area contributed by atoms with Crippen molar-refractivity contribution in [1.29, 1.82) is 0 Å². The average Bonchev–Trinajstić information content (AvgIpc) is 2.18. The molecule has 0 saturated carbocycles. The van der Waals surface area contributed by atoms with Crippen LogP contribution in [0.1, 0.15) is 37.9 Å². The maximum absolute atomic E-state index is 9.81. The molecule has 77 valence electrons. The molecule has 0 bridgehead atoms. The molecule has 1 radical (unpaired) electrons. The van der Waals surface area contributed by atoms with Gasteiger partial charge in [0.05, 0.1) is 6.10 Å². The van der Waals surface area contributed by atoms with E-state index in [1.807, 2.05) is 30.3 Å². The second kappa shape index (κ2) is 5.82. The van der Waals surface area contributed by atoms with E-state index in [9.17, 15) is 5.11 Å². The lowest BCUT2D eigenvalue weighted by molar-refractivity contribution is 0.162. The molecule has 1 nitrogen and oxygen atoms in total. The van der Waals surface area contributed by atoms with Gasteiger partial charge in [-0.25, -0.2) is 0 Å². The van der Waals surface area contributed by atoms with Gasteiger partial charge in [-0.2, -0.15) is 0 Å². The lowest BCUT2D eigenvalue weighted by Gasteiger charge is -2.11. The Morgan fingerprint density at radius 1 is 1.21 bits per heavy atom. The molecule has 0 fully saturated rings. The molecule has 0 amide bonds. The summed E-state index contributed by atoms with van der Waals surface area (Å²) >= 11 is 0. The fourth-order valence-corrected chi connectivity index (χ4v) is 1.50. The molecule has 1 aromatic rings. The highest BCUT2D eigenvalue weighted by Crippen LogP contribution is 2.19. The van der Waals surface area contributed by atoms with Crippen molar-refractivity contribution < 1.29 is 5.11 Å². The lowest BCUT2D eigenvalue weighted by atomic mass is 10.0. The summed E-state index contributed by atoms with van der Waals surface area (Å²) in [5.74, 6) is 0.484. The molecule has 1 heteroatoms. The first-order valence-electron chi connectivity index (χ1n) is 5.26. The van der Waals surface area contributed by atoms with Gasteiger partial charge in [-0.05, 0) is 17.9 Å². The van der Waals surface area contributed by atoms with E-state index in [4.69, 9.17) is 0 Å². The van der Waals surface area contributed by atoms with Crippen molar-refractivity contribution in [3.63, 3.8) is 0 Å². The number of aliphatic hydroxyl groups excluding tert-OH is 1. The van der Waals surface area contributed by atoms with Gasteiger partial charge in [0.25, 0.3) is 0 Å². The maximum atomic E-state index is 9.81. The number of aliphatic hydroxyl groups is 1. The normalized spacial score (nSPS) is 13.1. The summed E-state index contributed by atoms with van der Waals surface area (Å²) in [6, 6.07) is 9.83.